The van der Waals surface area contributed by atoms with Gasteiger partial charge in [0, 0.05) is 6.42 Å². The second-order valence-corrected chi connectivity index (χ2v) is 26.4. The average molecular weight is 1300 g/mol. The van der Waals surface area contributed by atoms with Crippen LogP contribution in [0.1, 0.15) is 284 Å². The van der Waals surface area contributed by atoms with Crippen LogP contribution in [-0.2, 0) is 33.2 Å². The lowest BCUT2D eigenvalue weighted by molar-refractivity contribution is -0.379. The van der Waals surface area contributed by atoms with Crippen LogP contribution in [-0.4, -0.2) is 193 Å². The van der Waals surface area contributed by atoms with Crippen LogP contribution >= 0.6 is 0 Å². The van der Waals surface area contributed by atoms with Crippen LogP contribution in [0, 0.1) is 0 Å². The van der Waals surface area contributed by atoms with Crippen molar-refractivity contribution in [3.05, 3.63) is 36.5 Å². The third-order valence-corrected chi connectivity index (χ3v) is 18.4. The van der Waals surface area contributed by atoms with E-state index < -0.39 is 124 Å². The Bertz CT molecular complexity index is 1790. The van der Waals surface area contributed by atoms with Crippen molar-refractivity contribution in [1.29, 1.82) is 0 Å². The third kappa shape index (κ3) is 35.7. The Balaban J connectivity index is 1.27. The summed E-state index contributed by atoms with van der Waals surface area (Å²) in [6, 6.07) is -0.986. The van der Waals surface area contributed by atoms with Crippen LogP contribution in [0.25, 0.3) is 0 Å². The molecule has 3 saturated heterocycles. The Labute approximate surface area is 549 Å². The van der Waals surface area contributed by atoms with Crippen LogP contribution in [0.2, 0.25) is 0 Å². The molecule has 1 amide bonds. The number of allylic oxidation sites excluding steroid dienone is 5. The highest BCUT2D eigenvalue weighted by molar-refractivity contribution is 5.76. The van der Waals surface area contributed by atoms with Crippen molar-refractivity contribution in [2.45, 2.75) is 388 Å². The number of hydrogen-bond donors (Lipinski definition) is 12. The van der Waals surface area contributed by atoms with E-state index in [1.54, 1.807) is 6.08 Å². The zero-order valence-electron chi connectivity index (χ0n) is 56.6. The van der Waals surface area contributed by atoms with E-state index in [9.17, 15) is 61.0 Å². The van der Waals surface area contributed by atoms with Crippen LogP contribution in [0.15, 0.2) is 36.5 Å². The lowest BCUT2D eigenvalue weighted by Crippen LogP contribution is -2.66. The Morgan fingerprint density at radius 2 is 0.703 bits per heavy atom. The summed E-state index contributed by atoms with van der Waals surface area (Å²) >= 11 is 0. The quantitative estimate of drug-likeness (QED) is 0.0199. The van der Waals surface area contributed by atoms with Gasteiger partial charge in [0.15, 0.2) is 18.9 Å². The zero-order chi connectivity index (χ0) is 66.1. The van der Waals surface area contributed by atoms with Gasteiger partial charge in [-0.15, -0.1) is 0 Å². The van der Waals surface area contributed by atoms with Crippen LogP contribution in [0.4, 0.5) is 0 Å². The van der Waals surface area contributed by atoms with Gasteiger partial charge in [0.2, 0.25) is 5.91 Å². The maximum Gasteiger partial charge on any atom is 0.220 e. The molecule has 534 valence electrons. The molecular formula is C72H133NO18. The fraction of sp³-hybridized carbons (Fsp3) is 0.903. The number of carbonyl (C=O) groups excluding carboxylic acids is 1. The van der Waals surface area contributed by atoms with Crippen molar-refractivity contribution in [2.75, 3.05) is 26.4 Å². The summed E-state index contributed by atoms with van der Waals surface area (Å²) in [7, 11) is 0. The molecule has 0 aromatic carbocycles. The number of rotatable bonds is 57. The molecule has 3 heterocycles. The molecule has 91 heavy (non-hydrogen) atoms. The molecule has 3 rings (SSSR count). The van der Waals surface area contributed by atoms with E-state index in [0.717, 1.165) is 44.9 Å². The molecule has 0 radical (unpaired) electrons. The van der Waals surface area contributed by atoms with Gasteiger partial charge in [0.05, 0.1) is 38.6 Å². The largest absolute Gasteiger partial charge is 0.394 e. The SMILES string of the molecule is CCCCC/C=C/CC/C=C/C(O)C(COC1OC(CO)C(OC2OC(CO)C(OC3OC(CO)C(O)C(O)C3O)C(O)C2O)C(O)C1O)NC(=O)CCCCCCCCCCCCCCCCCCCCCCCCCCC/C=C\CCCCCCCCCC. The first kappa shape index (κ1) is 83.2. The first-order valence-electron chi connectivity index (χ1n) is 36.7. The van der Waals surface area contributed by atoms with Gasteiger partial charge in [-0.05, 0) is 57.8 Å². The number of ether oxygens (including phenoxy) is 6. The molecule has 12 N–H and O–H groups in total. The van der Waals surface area contributed by atoms with E-state index >= 15 is 0 Å². The standard InChI is InChI=1S/C72H133NO18/c1-3-5-7-9-11-13-14-15-16-17-18-19-20-21-22-23-24-25-26-27-28-29-30-31-32-33-34-35-36-37-38-39-40-42-44-46-48-50-60(78)73-55(56(77)49-47-45-43-41-12-10-8-6-4-2)54-86-70-66(84)63(81)68(58(52-75)88-70)91-72-67(85)64(82)69(59(53-76)89-72)90-71-65(83)62(80)61(79)57(51-74)87-71/h12,17-18,41,47,49,55-59,61-72,74-77,79-85H,3-11,13-16,19-40,42-46,48,50-54H2,1-2H3,(H,73,78)/b18-17-,41-12+,49-47+. The number of unbranched alkanes of at least 4 members (excludes halogenated alkanes) is 37. The number of aliphatic hydroxyl groups excluding tert-OH is 11. The van der Waals surface area contributed by atoms with Gasteiger partial charge in [-0.2, -0.15) is 0 Å². The highest BCUT2D eigenvalue weighted by Gasteiger charge is 2.53. The number of amides is 1. The Hall–Kier alpha value is -1.99. The smallest absolute Gasteiger partial charge is 0.220 e. The Morgan fingerprint density at radius 3 is 1.12 bits per heavy atom. The lowest BCUT2D eigenvalue weighted by atomic mass is 9.96. The van der Waals surface area contributed by atoms with Crippen LogP contribution in [0.3, 0.4) is 0 Å². The van der Waals surface area contributed by atoms with E-state index in [1.165, 1.54) is 205 Å². The predicted octanol–water partition coefficient (Wildman–Crippen LogP) is 10.4. The molecule has 19 heteroatoms. The van der Waals surface area contributed by atoms with Gasteiger partial charge < -0.3 is 89.9 Å². The average Bonchev–Trinajstić information content (AvgIpc) is 0.878. The van der Waals surface area contributed by atoms with Crippen molar-refractivity contribution in [2.24, 2.45) is 0 Å². The maximum atomic E-state index is 13.3. The van der Waals surface area contributed by atoms with Gasteiger partial charge in [0.25, 0.3) is 0 Å². The predicted molar refractivity (Wildman–Crippen MR) is 356 cm³/mol. The van der Waals surface area contributed by atoms with E-state index in [0.29, 0.717) is 12.8 Å². The molecule has 0 aromatic heterocycles. The van der Waals surface area contributed by atoms with Crippen molar-refractivity contribution in [3.63, 3.8) is 0 Å². The first-order valence-corrected chi connectivity index (χ1v) is 36.7. The fourth-order valence-corrected chi connectivity index (χ4v) is 12.4. The molecule has 0 spiro atoms. The Kier molecular flexibility index (Phi) is 49.5. The molecule has 17 atom stereocenters. The zero-order valence-corrected chi connectivity index (χ0v) is 56.6. The minimum atomic E-state index is -1.98. The molecule has 17 unspecified atom stereocenters. The minimum absolute atomic E-state index is 0.239. The van der Waals surface area contributed by atoms with Crippen molar-refractivity contribution in [1.82, 2.24) is 5.32 Å². The fourth-order valence-electron chi connectivity index (χ4n) is 12.4. The second-order valence-electron chi connectivity index (χ2n) is 26.4. The molecular weight excluding hydrogens is 1170 g/mol. The Morgan fingerprint density at radius 1 is 0.385 bits per heavy atom. The van der Waals surface area contributed by atoms with Crippen LogP contribution in [0.5, 0.6) is 0 Å². The summed E-state index contributed by atoms with van der Waals surface area (Å²) in [5.74, 6) is -0.284. The molecule has 0 bridgehead atoms. The van der Waals surface area contributed by atoms with Crippen molar-refractivity contribution in [3.8, 4) is 0 Å². The number of hydrogen-bond acceptors (Lipinski definition) is 18. The summed E-state index contributed by atoms with van der Waals surface area (Å²) in [5.41, 5.74) is 0. The topological polar surface area (TPSA) is 307 Å². The highest BCUT2D eigenvalue weighted by atomic mass is 16.8. The molecule has 3 aliphatic heterocycles. The third-order valence-electron chi connectivity index (χ3n) is 18.4. The molecule has 3 fully saturated rings. The summed E-state index contributed by atoms with van der Waals surface area (Å²) in [4.78, 5) is 13.3. The van der Waals surface area contributed by atoms with E-state index in [-0.39, 0.29) is 18.9 Å². The van der Waals surface area contributed by atoms with Crippen molar-refractivity contribution >= 4 is 5.91 Å². The van der Waals surface area contributed by atoms with Gasteiger partial charge in [-0.1, -0.05) is 256 Å². The van der Waals surface area contributed by atoms with Crippen molar-refractivity contribution < 1.29 is 89.4 Å². The van der Waals surface area contributed by atoms with Gasteiger partial charge in [-0.3, -0.25) is 4.79 Å². The number of carbonyl (C=O) groups is 1. The van der Waals surface area contributed by atoms with Gasteiger partial charge in [-0.25, -0.2) is 0 Å². The summed E-state index contributed by atoms with van der Waals surface area (Å²) in [6.45, 7) is 1.66. The van der Waals surface area contributed by atoms with Gasteiger partial charge >= 0.3 is 0 Å². The molecule has 3 aliphatic rings. The van der Waals surface area contributed by atoms with E-state index in [1.807, 2.05) is 6.08 Å². The normalized spacial score (nSPS) is 28.0. The summed E-state index contributed by atoms with van der Waals surface area (Å²) in [5, 5.41) is 120. The van der Waals surface area contributed by atoms with Gasteiger partial charge in [0.1, 0.15) is 73.2 Å². The number of aliphatic hydroxyl groups is 11. The second kappa shape index (κ2) is 54.1. The molecule has 0 saturated carbocycles. The highest BCUT2D eigenvalue weighted by Crippen LogP contribution is 2.33. The number of nitrogens with one attached hydrogen (secondary N) is 1. The van der Waals surface area contributed by atoms with E-state index in [2.05, 4.69) is 43.5 Å². The molecule has 0 aromatic rings. The monoisotopic (exact) mass is 1300 g/mol. The first-order chi connectivity index (χ1) is 44.3. The minimum Gasteiger partial charge on any atom is -0.394 e. The summed E-state index contributed by atoms with van der Waals surface area (Å²) in [6.07, 6.45) is 37.8. The lowest BCUT2D eigenvalue weighted by Gasteiger charge is -2.48. The van der Waals surface area contributed by atoms with E-state index in [4.69, 9.17) is 28.4 Å². The molecule has 19 nitrogen and oxygen atoms in total. The van der Waals surface area contributed by atoms with Crippen LogP contribution < -0.4 is 5.32 Å². The molecule has 0 aliphatic carbocycles. The summed E-state index contributed by atoms with van der Waals surface area (Å²) < 4.78 is 34.2. The maximum absolute atomic E-state index is 13.3.